The number of rotatable bonds is 4. The van der Waals surface area contributed by atoms with Crippen LogP contribution >= 0.6 is 0 Å². The maximum absolute atomic E-state index is 13.2. The van der Waals surface area contributed by atoms with Crippen molar-refractivity contribution in [2.24, 2.45) is 0 Å². The van der Waals surface area contributed by atoms with E-state index in [1.54, 1.807) is 37.4 Å². The lowest BCUT2D eigenvalue weighted by Crippen LogP contribution is -2.27. The Morgan fingerprint density at radius 2 is 2.00 bits per heavy atom. The summed E-state index contributed by atoms with van der Waals surface area (Å²) in [6.45, 7) is 0.299. The molecule has 0 saturated heterocycles. The quantitative estimate of drug-likeness (QED) is 0.880. The van der Waals surface area contributed by atoms with Crippen LogP contribution < -0.4 is 10.5 Å². The number of halogens is 1. The normalized spacial score (nSPS) is 10.2. The molecule has 0 bridgehead atoms. The van der Waals surface area contributed by atoms with Crippen molar-refractivity contribution in [2.75, 3.05) is 19.9 Å². The van der Waals surface area contributed by atoms with E-state index in [0.29, 0.717) is 29.1 Å². The Morgan fingerprint density at radius 3 is 2.67 bits per heavy atom. The van der Waals surface area contributed by atoms with Crippen LogP contribution in [0.15, 0.2) is 42.5 Å². The van der Waals surface area contributed by atoms with E-state index in [2.05, 4.69) is 0 Å². The Hall–Kier alpha value is -2.56. The Kier molecular flexibility index (Phi) is 4.42. The Balaban J connectivity index is 2.20. The molecule has 21 heavy (non-hydrogen) atoms. The number of para-hydroxylation sites is 1. The molecule has 5 heteroatoms. The van der Waals surface area contributed by atoms with Crippen LogP contribution in [-0.2, 0) is 6.54 Å². The van der Waals surface area contributed by atoms with Crippen LogP contribution in [0.25, 0.3) is 0 Å². The topological polar surface area (TPSA) is 55.6 Å². The zero-order chi connectivity index (χ0) is 15.4. The average Bonchev–Trinajstić information content (AvgIpc) is 2.47. The van der Waals surface area contributed by atoms with E-state index in [4.69, 9.17) is 10.5 Å². The van der Waals surface area contributed by atoms with Crippen LogP contribution in [0.4, 0.5) is 10.1 Å². The van der Waals surface area contributed by atoms with E-state index in [1.165, 1.54) is 24.1 Å². The summed E-state index contributed by atoms with van der Waals surface area (Å²) in [5, 5.41) is 0. The molecule has 110 valence electrons. The molecular formula is C16H17FN2O2. The molecule has 4 nitrogen and oxygen atoms in total. The smallest absolute Gasteiger partial charge is 0.256 e. The van der Waals surface area contributed by atoms with Gasteiger partial charge in [-0.1, -0.05) is 18.2 Å². The molecule has 0 unspecified atom stereocenters. The molecule has 0 aliphatic heterocycles. The van der Waals surface area contributed by atoms with Crippen molar-refractivity contribution in [1.29, 1.82) is 0 Å². The number of ether oxygens (including phenoxy) is 1. The molecule has 0 aliphatic carbocycles. The lowest BCUT2D eigenvalue weighted by molar-refractivity contribution is 0.0785. The molecule has 2 rings (SSSR count). The maximum atomic E-state index is 13.2. The number of amides is 1. The third kappa shape index (κ3) is 3.31. The molecule has 0 spiro atoms. The van der Waals surface area contributed by atoms with Crippen LogP contribution in [0.5, 0.6) is 5.75 Å². The minimum absolute atomic E-state index is 0.240. The second-order valence-electron chi connectivity index (χ2n) is 4.71. The monoisotopic (exact) mass is 288 g/mol. The largest absolute Gasteiger partial charge is 0.495 e. The number of benzene rings is 2. The van der Waals surface area contributed by atoms with E-state index in [0.717, 1.165) is 0 Å². The van der Waals surface area contributed by atoms with Crippen LogP contribution in [0.1, 0.15) is 15.9 Å². The fourth-order valence-electron chi connectivity index (χ4n) is 2.10. The molecule has 0 aromatic heterocycles. The molecule has 0 saturated carbocycles. The van der Waals surface area contributed by atoms with Crippen molar-refractivity contribution >= 4 is 11.6 Å². The number of nitrogens with two attached hydrogens (primary N) is 1. The second-order valence-corrected chi connectivity index (χ2v) is 4.71. The minimum atomic E-state index is -0.325. The summed E-state index contributed by atoms with van der Waals surface area (Å²) >= 11 is 0. The van der Waals surface area contributed by atoms with Gasteiger partial charge in [-0.05, 0) is 29.8 Å². The summed E-state index contributed by atoms with van der Waals surface area (Å²) in [7, 11) is 3.14. The first-order valence-electron chi connectivity index (χ1n) is 6.45. The van der Waals surface area contributed by atoms with Crippen molar-refractivity contribution in [1.82, 2.24) is 4.90 Å². The van der Waals surface area contributed by atoms with Gasteiger partial charge in [0.2, 0.25) is 0 Å². The number of nitrogens with zero attached hydrogens (tertiary/aromatic N) is 1. The first-order chi connectivity index (χ1) is 10.0. The highest BCUT2D eigenvalue weighted by Gasteiger charge is 2.17. The number of hydrogen-bond acceptors (Lipinski definition) is 3. The van der Waals surface area contributed by atoms with Crippen LogP contribution in [0, 0.1) is 5.82 Å². The summed E-state index contributed by atoms with van der Waals surface area (Å²) in [6, 6.07) is 11.2. The Labute approximate surface area is 122 Å². The minimum Gasteiger partial charge on any atom is -0.495 e. The van der Waals surface area contributed by atoms with Crippen molar-refractivity contribution in [2.45, 2.75) is 6.54 Å². The first kappa shape index (κ1) is 14.8. The number of carbonyl (C=O) groups excluding carboxylic acids is 1. The summed E-state index contributed by atoms with van der Waals surface area (Å²) in [5.74, 6) is -0.107. The Morgan fingerprint density at radius 1 is 1.29 bits per heavy atom. The molecule has 0 fully saturated rings. The lowest BCUT2D eigenvalue weighted by Gasteiger charge is -2.19. The van der Waals surface area contributed by atoms with Gasteiger partial charge in [-0.25, -0.2) is 4.39 Å². The highest BCUT2D eigenvalue weighted by Crippen LogP contribution is 2.25. The average molecular weight is 288 g/mol. The van der Waals surface area contributed by atoms with Gasteiger partial charge in [-0.2, -0.15) is 0 Å². The molecule has 0 aliphatic rings. The maximum Gasteiger partial charge on any atom is 0.256 e. The van der Waals surface area contributed by atoms with E-state index < -0.39 is 0 Å². The number of nitrogen functional groups attached to an aromatic ring is 1. The van der Waals surface area contributed by atoms with E-state index in [9.17, 15) is 9.18 Å². The van der Waals surface area contributed by atoms with Crippen LogP contribution in [0.2, 0.25) is 0 Å². The zero-order valence-corrected chi connectivity index (χ0v) is 12.0. The first-order valence-corrected chi connectivity index (χ1v) is 6.45. The van der Waals surface area contributed by atoms with Gasteiger partial charge >= 0.3 is 0 Å². The number of carbonyl (C=O) groups is 1. The molecule has 2 aromatic rings. The third-order valence-corrected chi connectivity index (χ3v) is 3.17. The summed E-state index contributed by atoms with van der Waals surface area (Å²) in [4.78, 5) is 13.9. The molecule has 0 heterocycles. The van der Waals surface area contributed by atoms with Gasteiger partial charge in [0.05, 0.1) is 18.4 Å². The molecule has 2 N–H and O–H groups in total. The standard InChI is InChI=1S/C16H17FN2O2/c1-19(10-11-5-3-6-12(17)9-11)16(20)13-7-4-8-14(21-2)15(13)18/h3-9H,10,18H2,1-2H3. The highest BCUT2D eigenvalue weighted by atomic mass is 19.1. The summed E-state index contributed by atoms with van der Waals surface area (Å²) in [6.07, 6.45) is 0. The third-order valence-electron chi connectivity index (χ3n) is 3.17. The summed E-state index contributed by atoms with van der Waals surface area (Å²) in [5.41, 5.74) is 7.30. The fourth-order valence-corrected chi connectivity index (χ4v) is 2.10. The fraction of sp³-hybridized carbons (Fsp3) is 0.188. The number of methoxy groups -OCH3 is 1. The van der Waals surface area contributed by atoms with Gasteiger partial charge in [0.25, 0.3) is 5.91 Å². The lowest BCUT2D eigenvalue weighted by atomic mass is 10.1. The van der Waals surface area contributed by atoms with Gasteiger partial charge in [-0.15, -0.1) is 0 Å². The van der Waals surface area contributed by atoms with Crippen molar-refractivity contribution in [3.8, 4) is 5.75 Å². The van der Waals surface area contributed by atoms with E-state index >= 15 is 0 Å². The SMILES string of the molecule is COc1cccc(C(=O)N(C)Cc2cccc(F)c2)c1N. The van der Waals surface area contributed by atoms with E-state index in [1.807, 2.05) is 0 Å². The predicted octanol–water partition coefficient (Wildman–Crippen LogP) is 2.69. The van der Waals surface area contributed by atoms with Crippen LogP contribution in [-0.4, -0.2) is 25.0 Å². The molecule has 0 radical (unpaired) electrons. The zero-order valence-electron chi connectivity index (χ0n) is 12.0. The molecule has 0 atom stereocenters. The highest BCUT2D eigenvalue weighted by molar-refractivity contribution is 6.00. The number of anilines is 1. The molecular weight excluding hydrogens is 271 g/mol. The van der Waals surface area contributed by atoms with Gasteiger partial charge in [0.1, 0.15) is 11.6 Å². The van der Waals surface area contributed by atoms with Crippen molar-refractivity contribution < 1.29 is 13.9 Å². The molecule has 1 amide bonds. The van der Waals surface area contributed by atoms with E-state index in [-0.39, 0.29) is 11.7 Å². The van der Waals surface area contributed by atoms with Gasteiger partial charge in [0, 0.05) is 13.6 Å². The van der Waals surface area contributed by atoms with Gasteiger partial charge < -0.3 is 15.4 Å². The van der Waals surface area contributed by atoms with Crippen LogP contribution in [0.3, 0.4) is 0 Å². The Bertz CT molecular complexity index is 658. The number of hydrogen-bond donors (Lipinski definition) is 1. The second kappa shape index (κ2) is 6.26. The van der Waals surface area contributed by atoms with Gasteiger partial charge in [0.15, 0.2) is 0 Å². The van der Waals surface area contributed by atoms with Crippen molar-refractivity contribution in [3.05, 3.63) is 59.4 Å². The molecule has 2 aromatic carbocycles. The van der Waals surface area contributed by atoms with Crippen molar-refractivity contribution in [3.63, 3.8) is 0 Å². The van der Waals surface area contributed by atoms with Gasteiger partial charge in [-0.3, -0.25) is 4.79 Å². The predicted molar refractivity (Wildman–Crippen MR) is 79.6 cm³/mol. The summed E-state index contributed by atoms with van der Waals surface area (Å²) < 4.78 is 18.3.